The second kappa shape index (κ2) is 10.2. The van der Waals surface area contributed by atoms with Crippen molar-refractivity contribution in [2.24, 2.45) is 11.3 Å². The smallest absolute Gasteiger partial charge is 0.339 e. The van der Waals surface area contributed by atoms with Gasteiger partial charge in [0.25, 0.3) is 11.9 Å². The lowest BCUT2D eigenvalue weighted by Gasteiger charge is -2.26. The average molecular weight is 411 g/mol. The summed E-state index contributed by atoms with van der Waals surface area (Å²) < 4.78 is 0. The fraction of sp³-hybridized carbons (Fsp3) is 0.579. The third-order valence-corrected chi connectivity index (χ3v) is 4.83. The van der Waals surface area contributed by atoms with Crippen LogP contribution in [0.1, 0.15) is 35.5 Å². The molecule has 29 heavy (non-hydrogen) atoms. The number of carbonyl (C=O) groups is 3. The molecule has 2 aliphatic heterocycles. The molecule has 0 spiro atoms. The fourth-order valence-electron chi connectivity index (χ4n) is 3.72. The molecule has 3 rings (SSSR count). The van der Waals surface area contributed by atoms with Gasteiger partial charge in [-0.2, -0.15) is 0 Å². The monoisotopic (exact) mass is 411 g/mol. The number of hydrogen-bond acceptors (Lipinski definition) is 7. The first kappa shape index (κ1) is 24.3. The third-order valence-electron chi connectivity index (χ3n) is 4.83. The second-order valence-corrected chi connectivity index (χ2v) is 7.35. The van der Waals surface area contributed by atoms with E-state index in [0.29, 0.717) is 18.3 Å². The Kier molecular flexibility index (Phi) is 8.53. The zero-order chi connectivity index (χ0) is 22.4. The molecule has 1 aromatic rings. The normalized spacial score (nSPS) is 22.0. The summed E-state index contributed by atoms with van der Waals surface area (Å²) >= 11 is 0. The number of carboxylic acids is 3. The van der Waals surface area contributed by atoms with Gasteiger partial charge in [-0.25, -0.2) is 9.78 Å². The highest BCUT2D eigenvalue weighted by molar-refractivity contribution is 5.95. The summed E-state index contributed by atoms with van der Waals surface area (Å²) in [7, 11) is 0. The summed E-state index contributed by atoms with van der Waals surface area (Å²) in [6, 6.07) is 1.80. The molecule has 5 N–H and O–H groups in total. The number of pyridine rings is 1. The van der Waals surface area contributed by atoms with Crippen LogP contribution in [0.4, 0.5) is 5.82 Å². The summed E-state index contributed by atoms with van der Waals surface area (Å²) in [4.78, 5) is 36.1. The zero-order valence-electron chi connectivity index (χ0n) is 17.1. The number of fused-ring (bicyclic) bond motifs is 1. The number of aromatic carboxylic acids is 1. The van der Waals surface area contributed by atoms with Crippen molar-refractivity contribution < 1.29 is 34.8 Å². The molecule has 162 valence electrons. The Hall–Kier alpha value is -2.72. The molecular formula is C19H29N3O7. The molecule has 2 aliphatic rings. The second-order valence-electron chi connectivity index (χ2n) is 7.35. The minimum atomic E-state index is -0.941. The highest BCUT2D eigenvalue weighted by atomic mass is 16.4. The first-order chi connectivity index (χ1) is 13.4. The minimum absolute atomic E-state index is 0.119. The van der Waals surface area contributed by atoms with Gasteiger partial charge in [-0.15, -0.1) is 0 Å². The topological polar surface area (TPSA) is 160 Å². The van der Waals surface area contributed by atoms with Crippen molar-refractivity contribution in [2.75, 3.05) is 37.7 Å². The molecule has 3 heterocycles. The molecular weight excluding hydrogens is 382 g/mol. The average Bonchev–Trinajstić information content (AvgIpc) is 3.09. The first-order valence-corrected chi connectivity index (χ1v) is 9.10. The molecule has 2 unspecified atom stereocenters. The molecule has 10 nitrogen and oxygen atoms in total. The van der Waals surface area contributed by atoms with Gasteiger partial charge in [-0.3, -0.25) is 9.59 Å². The van der Waals surface area contributed by atoms with E-state index in [9.17, 15) is 15.0 Å². The largest absolute Gasteiger partial charge is 0.481 e. The molecule has 10 heteroatoms. The van der Waals surface area contributed by atoms with E-state index in [2.05, 4.69) is 10.3 Å². The van der Waals surface area contributed by atoms with Gasteiger partial charge in [0, 0.05) is 51.1 Å². The number of carboxylic acid groups (broad SMARTS) is 3. The van der Waals surface area contributed by atoms with Crippen LogP contribution in [-0.4, -0.2) is 76.1 Å². The quantitative estimate of drug-likeness (QED) is 0.476. The van der Waals surface area contributed by atoms with Gasteiger partial charge >= 0.3 is 5.97 Å². The Bertz CT molecular complexity index is 748. The molecule has 0 amide bonds. The molecule has 2 saturated heterocycles. The highest BCUT2D eigenvalue weighted by Crippen LogP contribution is 2.41. The van der Waals surface area contributed by atoms with Gasteiger partial charge < -0.3 is 30.6 Å². The standard InChI is InChI=1S/C15H21N3O3.2C2H4O2/c1-9-3-10(2)17-13(12(9)14(20)21)18-5-11-4-16-6-15(11,7-18)8-19;2*1-2(3)4/h3,11,16,19H,4-8H2,1-2H3,(H,20,21);2*1H3,(H,3,4). The van der Waals surface area contributed by atoms with E-state index in [1.807, 2.05) is 18.7 Å². The first-order valence-electron chi connectivity index (χ1n) is 9.10. The van der Waals surface area contributed by atoms with E-state index < -0.39 is 17.9 Å². The van der Waals surface area contributed by atoms with E-state index in [1.54, 1.807) is 6.07 Å². The SMILES string of the molecule is CC(=O)O.CC(=O)O.Cc1cc(C)c(C(=O)O)c(N2CC3CNCC3(CO)C2)n1. The summed E-state index contributed by atoms with van der Waals surface area (Å²) in [5.74, 6) is -1.72. The van der Waals surface area contributed by atoms with Crippen molar-refractivity contribution in [3.05, 3.63) is 22.9 Å². The van der Waals surface area contributed by atoms with Crippen molar-refractivity contribution in [1.82, 2.24) is 10.3 Å². The number of anilines is 1. The van der Waals surface area contributed by atoms with Crippen molar-refractivity contribution in [3.63, 3.8) is 0 Å². The van der Waals surface area contributed by atoms with Gasteiger partial charge in [0.1, 0.15) is 11.4 Å². The number of nitrogens with one attached hydrogen (secondary N) is 1. The van der Waals surface area contributed by atoms with Crippen LogP contribution >= 0.6 is 0 Å². The maximum atomic E-state index is 11.6. The number of aliphatic hydroxyl groups is 1. The van der Waals surface area contributed by atoms with Crippen LogP contribution in [0.25, 0.3) is 0 Å². The molecule has 0 saturated carbocycles. The maximum absolute atomic E-state index is 11.6. The van der Waals surface area contributed by atoms with Crippen LogP contribution < -0.4 is 10.2 Å². The zero-order valence-corrected chi connectivity index (χ0v) is 17.1. The molecule has 0 aliphatic carbocycles. The number of aromatic nitrogens is 1. The molecule has 1 aromatic heterocycles. The molecule has 0 bridgehead atoms. The number of aryl methyl sites for hydroxylation is 2. The van der Waals surface area contributed by atoms with Crippen molar-refractivity contribution in [2.45, 2.75) is 27.7 Å². The lowest BCUT2D eigenvalue weighted by molar-refractivity contribution is -0.135. The number of nitrogens with zero attached hydrogens (tertiary/aromatic N) is 2. The van der Waals surface area contributed by atoms with E-state index >= 15 is 0 Å². The number of aliphatic hydroxyl groups excluding tert-OH is 1. The molecule has 0 radical (unpaired) electrons. The predicted molar refractivity (Wildman–Crippen MR) is 105 cm³/mol. The summed E-state index contributed by atoms with van der Waals surface area (Å²) in [6.45, 7) is 9.00. The Morgan fingerprint density at radius 3 is 2.21 bits per heavy atom. The Labute approximate surface area is 169 Å². The van der Waals surface area contributed by atoms with Crippen LogP contribution in [0.5, 0.6) is 0 Å². The van der Waals surface area contributed by atoms with Crippen molar-refractivity contribution in [1.29, 1.82) is 0 Å². The summed E-state index contributed by atoms with van der Waals surface area (Å²) in [5, 5.41) is 37.4. The Morgan fingerprint density at radius 1 is 1.21 bits per heavy atom. The van der Waals surface area contributed by atoms with Crippen molar-refractivity contribution in [3.8, 4) is 0 Å². The van der Waals surface area contributed by atoms with Crippen molar-refractivity contribution >= 4 is 23.7 Å². The highest BCUT2D eigenvalue weighted by Gasteiger charge is 2.50. The minimum Gasteiger partial charge on any atom is -0.481 e. The van der Waals surface area contributed by atoms with E-state index in [4.69, 9.17) is 19.8 Å². The fourth-order valence-corrected chi connectivity index (χ4v) is 3.72. The Balaban J connectivity index is 0.000000452. The number of aliphatic carboxylic acids is 2. The van der Waals surface area contributed by atoms with Crippen LogP contribution in [0, 0.1) is 25.2 Å². The van der Waals surface area contributed by atoms with Gasteiger partial charge in [0.05, 0.1) is 6.61 Å². The molecule has 2 atom stereocenters. The van der Waals surface area contributed by atoms with Crippen LogP contribution in [0.2, 0.25) is 0 Å². The summed E-state index contributed by atoms with van der Waals surface area (Å²) in [6.07, 6.45) is 0. The Morgan fingerprint density at radius 2 is 1.76 bits per heavy atom. The van der Waals surface area contributed by atoms with Crippen LogP contribution in [0.15, 0.2) is 6.07 Å². The predicted octanol–water partition coefficient (Wildman–Crippen LogP) is 0.597. The molecule has 0 aromatic carbocycles. The third kappa shape index (κ3) is 6.40. The molecule has 2 fully saturated rings. The van der Waals surface area contributed by atoms with Crippen LogP contribution in [0.3, 0.4) is 0 Å². The summed E-state index contributed by atoms with van der Waals surface area (Å²) in [5.41, 5.74) is 1.66. The van der Waals surface area contributed by atoms with Gasteiger partial charge in [0.15, 0.2) is 0 Å². The van der Waals surface area contributed by atoms with E-state index in [-0.39, 0.29) is 17.6 Å². The number of hydrogen-bond donors (Lipinski definition) is 5. The lowest BCUT2D eigenvalue weighted by Crippen LogP contribution is -2.36. The van der Waals surface area contributed by atoms with Gasteiger partial charge in [0.2, 0.25) is 0 Å². The lowest BCUT2D eigenvalue weighted by atomic mass is 9.82. The van der Waals surface area contributed by atoms with Gasteiger partial charge in [-0.1, -0.05) is 0 Å². The van der Waals surface area contributed by atoms with E-state index in [1.165, 1.54) is 0 Å². The maximum Gasteiger partial charge on any atom is 0.339 e. The van der Waals surface area contributed by atoms with E-state index in [0.717, 1.165) is 44.7 Å². The van der Waals surface area contributed by atoms with Crippen LogP contribution in [-0.2, 0) is 9.59 Å². The van der Waals surface area contributed by atoms with Gasteiger partial charge in [-0.05, 0) is 31.4 Å². The number of rotatable bonds is 3.